The summed E-state index contributed by atoms with van der Waals surface area (Å²) in [5.41, 5.74) is -0.816. The standard InChI is InChI=1S/C20H24FN3O4S/c1-28-17-9-5-2-6-14(17)18(25)24-19(29(22,26)27)20(10-12-23-13-11-20)15-7-3-4-8-16(15)21/h2-9,19,23H,10-13H2,1H3,(H,24,25)(H2,22,26,27). The van der Waals surface area contributed by atoms with Gasteiger partial charge in [0, 0.05) is 5.41 Å². The predicted molar refractivity (Wildman–Crippen MR) is 108 cm³/mol. The summed E-state index contributed by atoms with van der Waals surface area (Å²) in [4.78, 5) is 13.0. The number of primary sulfonamides is 1. The molecule has 4 N–H and O–H groups in total. The number of para-hydroxylation sites is 1. The molecule has 1 unspecified atom stereocenters. The van der Waals surface area contributed by atoms with E-state index in [2.05, 4.69) is 10.6 Å². The smallest absolute Gasteiger partial charge is 0.256 e. The number of hydrogen-bond acceptors (Lipinski definition) is 5. The van der Waals surface area contributed by atoms with Crippen LogP contribution in [-0.4, -0.2) is 39.9 Å². The van der Waals surface area contributed by atoms with Crippen LogP contribution in [0.4, 0.5) is 4.39 Å². The Kier molecular flexibility index (Phi) is 6.21. The topological polar surface area (TPSA) is 111 Å². The second-order valence-corrected chi connectivity index (χ2v) is 8.68. The van der Waals surface area contributed by atoms with Crippen molar-refractivity contribution < 1.29 is 22.3 Å². The SMILES string of the molecule is COc1ccccc1C(=O)NC(C1(c2ccccc2F)CCNCC1)S(N)(=O)=O. The van der Waals surface area contributed by atoms with Crippen LogP contribution in [0.25, 0.3) is 0 Å². The van der Waals surface area contributed by atoms with Crippen LogP contribution in [0.15, 0.2) is 48.5 Å². The van der Waals surface area contributed by atoms with Crippen molar-refractivity contribution in [1.82, 2.24) is 10.6 Å². The lowest BCUT2D eigenvalue weighted by atomic mass is 9.72. The molecule has 0 bridgehead atoms. The summed E-state index contributed by atoms with van der Waals surface area (Å²) in [7, 11) is -2.86. The molecule has 1 saturated heterocycles. The molecule has 156 valence electrons. The highest BCUT2D eigenvalue weighted by atomic mass is 32.2. The molecule has 1 atom stereocenters. The van der Waals surface area contributed by atoms with E-state index >= 15 is 0 Å². The molecule has 3 rings (SSSR count). The third-order valence-electron chi connectivity index (χ3n) is 5.35. The number of methoxy groups -OCH3 is 1. The van der Waals surface area contributed by atoms with Gasteiger partial charge in [0.2, 0.25) is 10.0 Å². The van der Waals surface area contributed by atoms with Gasteiger partial charge in [0.05, 0.1) is 12.7 Å². The largest absolute Gasteiger partial charge is 0.496 e. The highest BCUT2D eigenvalue weighted by Gasteiger charge is 2.49. The number of nitrogens with one attached hydrogen (secondary N) is 2. The third kappa shape index (κ3) is 4.26. The number of hydrogen-bond donors (Lipinski definition) is 3. The lowest BCUT2D eigenvalue weighted by Crippen LogP contribution is -2.60. The molecule has 1 fully saturated rings. The van der Waals surface area contributed by atoms with Crippen LogP contribution in [0.3, 0.4) is 0 Å². The van der Waals surface area contributed by atoms with Crippen LogP contribution < -0.4 is 20.5 Å². The van der Waals surface area contributed by atoms with Gasteiger partial charge in [0.25, 0.3) is 5.91 Å². The zero-order chi connectivity index (χ0) is 21.1. The number of rotatable bonds is 6. The van der Waals surface area contributed by atoms with Crippen molar-refractivity contribution in [2.75, 3.05) is 20.2 Å². The van der Waals surface area contributed by atoms with E-state index in [1.807, 2.05) is 0 Å². The first-order valence-electron chi connectivity index (χ1n) is 9.21. The third-order valence-corrected chi connectivity index (χ3v) is 6.58. The minimum Gasteiger partial charge on any atom is -0.496 e. The van der Waals surface area contributed by atoms with Gasteiger partial charge in [-0.25, -0.2) is 17.9 Å². The Bertz CT molecular complexity index is 991. The minimum absolute atomic E-state index is 0.168. The quantitative estimate of drug-likeness (QED) is 0.655. The average Bonchev–Trinajstić information content (AvgIpc) is 2.71. The lowest BCUT2D eigenvalue weighted by molar-refractivity contribution is 0.0921. The van der Waals surface area contributed by atoms with Gasteiger partial charge in [-0.1, -0.05) is 30.3 Å². The van der Waals surface area contributed by atoms with E-state index in [1.165, 1.54) is 25.3 Å². The van der Waals surface area contributed by atoms with E-state index in [4.69, 9.17) is 9.88 Å². The van der Waals surface area contributed by atoms with Gasteiger partial charge in [-0.05, 0) is 49.7 Å². The van der Waals surface area contributed by atoms with Crippen LogP contribution in [0.1, 0.15) is 28.8 Å². The van der Waals surface area contributed by atoms with Gasteiger partial charge >= 0.3 is 0 Å². The molecule has 9 heteroatoms. The molecule has 1 aliphatic rings. The number of nitrogens with two attached hydrogens (primary N) is 1. The number of piperidine rings is 1. The fraction of sp³-hybridized carbons (Fsp3) is 0.350. The number of amides is 1. The second kappa shape index (κ2) is 8.48. The van der Waals surface area contributed by atoms with Crippen LogP contribution in [0.2, 0.25) is 0 Å². The Morgan fingerprint density at radius 2 is 1.79 bits per heavy atom. The van der Waals surface area contributed by atoms with Gasteiger partial charge in [-0.2, -0.15) is 0 Å². The first kappa shape index (κ1) is 21.2. The summed E-state index contributed by atoms with van der Waals surface area (Å²) in [6.07, 6.45) is 0.586. The number of ether oxygens (including phenoxy) is 1. The van der Waals surface area contributed by atoms with Gasteiger partial charge in [0.1, 0.15) is 11.6 Å². The number of sulfonamides is 1. The van der Waals surface area contributed by atoms with Crippen LogP contribution in [-0.2, 0) is 15.4 Å². The number of benzene rings is 2. The van der Waals surface area contributed by atoms with Crippen molar-refractivity contribution in [3.63, 3.8) is 0 Å². The van der Waals surface area contributed by atoms with Crippen molar-refractivity contribution in [3.8, 4) is 5.75 Å². The maximum atomic E-state index is 14.8. The molecule has 1 heterocycles. The Hall–Kier alpha value is -2.49. The van der Waals surface area contributed by atoms with Crippen molar-refractivity contribution >= 4 is 15.9 Å². The summed E-state index contributed by atoms with van der Waals surface area (Å²) >= 11 is 0. The summed E-state index contributed by atoms with van der Waals surface area (Å²) in [5.74, 6) is -0.895. The zero-order valence-electron chi connectivity index (χ0n) is 16.0. The molecule has 29 heavy (non-hydrogen) atoms. The van der Waals surface area contributed by atoms with Gasteiger partial charge in [-0.3, -0.25) is 4.79 Å². The molecule has 0 spiro atoms. The molecular weight excluding hydrogens is 397 g/mol. The zero-order valence-corrected chi connectivity index (χ0v) is 16.8. The second-order valence-electron chi connectivity index (χ2n) is 7.03. The molecule has 0 aliphatic carbocycles. The molecule has 7 nitrogen and oxygen atoms in total. The highest BCUT2D eigenvalue weighted by Crippen LogP contribution is 2.40. The molecule has 1 amide bonds. The maximum absolute atomic E-state index is 14.8. The predicted octanol–water partition coefficient (Wildman–Crippen LogP) is 1.50. The van der Waals surface area contributed by atoms with Crippen LogP contribution >= 0.6 is 0 Å². The Morgan fingerprint density at radius 3 is 2.41 bits per heavy atom. The van der Waals surface area contributed by atoms with Crippen LogP contribution in [0.5, 0.6) is 5.75 Å². The molecule has 2 aromatic rings. The van der Waals surface area contributed by atoms with Gasteiger partial charge < -0.3 is 15.4 Å². The first-order valence-corrected chi connectivity index (χ1v) is 10.8. The van der Waals surface area contributed by atoms with Gasteiger partial charge in [-0.15, -0.1) is 0 Å². The van der Waals surface area contributed by atoms with Crippen molar-refractivity contribution in [2.24, 2.45) is 5.14 Å². The molecule has 2 aromatic carbocycles. The van der Waals surface area contributed by atoms with E-state index in [1.54, 1.807) is 30.3 Å². The van der Waals surface area contributed by atoms with Crippen molar-refractivity contribution in [2.45, 2.75) is 23.6 Å². The summed E-state index contributed by atoms with van der Waals surface area (Å²) < 4.78 is 45.2. The fourth-order valence-corrected chi connectivity index (χ4v) is 5.24. The van der Waals surface area contributed by atoms with Crippen molar-refractivity contribution in [3.05, 3.63) is 65.5 Å². The summed E-state index contributed by atoms with van der Waals surface area (Å²) in [6.45, 7) is 0.926. The van der Waals surface area contributed by atoms with E-state index in [0.29, 0.717) is 31.7 Å². The number of carbonyl (C=O) groups excluding carboxylic acids is 1. The molecule has 0 radical (unpaired) electrons. The maximum Gasteiger partial charge on any atom is 0.256 e. The van der Waals surface area contributed by atoms with Crippen LogP contribution in [0, 0.1) is 5.82 Å². The van der Waals surface area contributed by atoms with E-state index < -0.39 is 32.5 Å². The normalized spacial score (nSPS) is 17.3. The Morgan fingerprint density at radius 1 is 1.17 bits per heavy atom. The monoisotopic (exact) mass is 421 g/mol. The number of halogens is 1. The lowest BCUT2D eigenvalue weighted by Gasteiger charge is -2.43. The molecule has 0 aromatic heterocycles. The molecule has 1 aliphatic heterocycles. The fourth-order valence-electron chi connectivity index (χ4n) is 3.97. The summed E-state index contributed by atoms with van der Waals surface area (Å²) in [5, 5.41) is 9.76. The molecular formula is C20H24FN3O4S. The van der Waals surface area contributed by atoms with E-state index in [0.717, 1.165) is 0 Å². The number of carbonyl (C=O) groups is 1. The van der Waals surface area contributed by atoms with Crippen molar-refractivity contribution in [1.29, 1.82) is 0 Å². The van der Waals surface area contributed by atoms with E-state index in [-0.39, 0.29) is 11.1 Å². The minimum atomic E-state index is -4.28. The van der Waals surface area contributed by atoms with E-state index in [9.17, 15) is 17.6 Å². The Labute approximate surface area is 169 Å². The highest BCUT2D eigenvalue weighted by molar-refractivity contribution is 7.89. The summed E-state index contributed by atoms with van der Waals surface area (Å²) in [6, 6.07) is 12.5. The first-order chi connectivity index (χ1) is 13.8. The average molecular weight is 421 g/mol. The Balaban J connectivity index is 2.09. The molecule has 0 saturated carbocycles. The van der Waals surface area contributed by atoms with Gasteiger partial charge in [0.15, 0.2) is 5.37 Å².